The number of likely N-dealkylation sites (N-methyl/N-ethyl adjacent to an activating group) is 2. The number of nitrogens with one attached hydrogen (secondary N) is 1. The van der Waals surface area contributed by atoms with Gasteiger partial charge in [0.15, 0.2) is 0 Å². The van der Waals surface area contributed by atoms with Crippen LogP contribution >= 0.6 is 0 Å². The molecule has 1 amide bonds. The van der Waals surface area contributed by atoms with E-state index in [-0.39, 0.29) is 5.91 Å². The molecule has 4 nitrogen and oxygen atoms in total. The van der Waals surface area contributed by atoms with Gasteiger partial charge in [-0.05, 0) is 44.4 Å². The first-order chi connectivity index (χ1) is 9.49. The normalized spacial score (nSPS) is 17.6. The minimum Gasteiger partial charge on any atom is -0.372 e. The van der Waals surface area contributed by atoms with Crippen LogP contribution in [-0.2, 0) is 4.79 Å². The summed E-state index contributed by atoms with van der Waals surface area (Å²) in [7, 11) is 2.02. The molecular formula is C16H25N3O. The van der Waals surface area contributed by atoms with E-state index < -0.39 is 5.54 Å². The molecular weight excluding hydrogens is 250 g/mol. The number of primary amides is 1. The van der Waals surface area contributed by atoms with E-state index in [1.54, 1.807) is 0 Å². The number of benzene rings is 1. The minimum absolute atomic E-state index is 0.235. The first-order valence-electron chi connectivity index (χ1n) is 7.32. The van der Waals surface area contributed by atoms with Gasteiger partial charge in [-0.1, -0.05) is 24.6 Å². The molecule has 1 aromatic rings. The predicted molar refractivity (Wildman–Crippen MR) is 82.8 cm³/mol. The number of amides is 1. The van der Waals surface area contributed by atoms with Crippen molar-refractivity contribution in [1.82, 2.24) is 5.32 Å². The molecule has 1 saturated carbocycles. The van der Waals surface area contributed by atoms with Crippen LogP contribution in [0.25, 0.3) is 0 Å². The number of hydrogen-bond donors (Lipinski definition) is 2. The molecule has 0 radical (unpaired) electrons. The van der Waals surface area contributed by atoms with Crippen LogP contribution in [0.3, 0.4) is 0 Å². The Hall–Kier alpha value is -1.55. The molecule has 1 aliphatic rings. The molecule has 1 atom stereocenters. The summed E-state index contributed by atoms with van der Waals surface area (Å²) in [6.07, 6.45) is 2.16. The number of nitrogens with two attached hydrogens (primary N) is 1. The van der Waals surface area contributed by atoms with Crippen LogP contribution in [-0.4, -0.2) is 31.6 Å². The number of nitrogens with zero attached hydrogens (tertiary/aromatic N) is 1. The lowest BCUT2D eigenvalue weighted by molar-refractivity contribution is -0.124. The SMILES string of the molecule is CCNC(CN(C)c1ccc(C)cc1)(C(N)=O)C1CC1. The highest BCUT2D eigenvalue weighted by Crippen LogP contribution is 2.40. The topological polar surface area (TPSA) is 58.4 Å². The third-order valence-electron chi connectivity index (χ3n) is 4.17. The third-order valence-corrected chi connectivity index (χ3v) is 4.17. The molecule has 0 spiro atoms. The fourth-order valence-electron chi connectivity index (χ4n) is 2.85. The maximum Gasteiger partial charge on any atom is 0.239 e. The summed E-state index contributed by atoms with van der Waals surface area (Å²) in [5, 5.41) is 3.35. The smallest absolute Gasteiger partial charge is 0.239 e. The van der Waals surface area contributed by atoms with Gasteiger partial charge in [0.05, 0.1) is 0 Å². The number of carbonyl (C=O) groups is 1. The molecule has 0 aliphatic heterocycles. The average Bonchev–Trinajstić information content (AvgIpc) is 3.23. The zero-order valence-electron chi connectivity index (χ0n) is 12.6. The molecule has 1 unspecified atom stereocenters. The molecule has 0 aromatic heterocycles. The van der Waals surface area contributed by atoms with E-state index >= 15 is 0 Å². The summed E-state index contributed by atoms with van der Waals surface area (Å²) in [6.45, 7) is 5.46. The quantitative estimate of drug-likeness (QED) is 0.796. The third kappa shape index (κ3) is 2.96. The Balaban J connectivity index is 2.18. The van der Waals surface area contributed by atoms with Gasteiger partial charge in [0.2, 0.25) is 5.91 Å². The van der Waals surface area contributed by atoms with E-state index in [2.05, 4.69) is 41.4 Å². The zero-order valence-corrected chi connectivity index (χ0v) is 12.6. The monoisotopic (exact) mass is 275 g/mol. The molecule has 4 heteroatoms. The summed E-state index contributed by atoms with van der Waals surface area (Å²) >= 11 is 0. The zero-order chi connectivity index (χ0) is 14.8. The van der Waals surface area contributed by atoms with Gasteiger partial charge < -0.3 is 16.0 Å². The van der Waals surface area contributed by atoms with Crippen molar-refractivity contribution in [3.05, 3.63) is 29.8 Å². The number of rotatable bonds is 7. The van der Waals surface area contributed by atoms with Gasteiger partial charge in [0, 0.05) is 19.3 Å². The number of anilines is 1. The van der Waals surface area contributed by atoms with Crippen LogP contribution in [0.4, 0.5) is 5.69 Å². The van der Waals surface area contributed by atoms with E-state index in [1.165, 1.54) is 5.56 Å². The van der Waals surface area contributed by atoms with E-state index in [0.29, 0.717) is 12.5 Å². The molecule has 1 aromatic carbocycles. The molecule has 1 aliphatic carbocycles. The summed E-state index contributed by atoms with van der Waals surface area (Å²) in [4.78, 5) is 14.2. The van der Waals surface area contributed by atoms with Crippen molar-refractivity contribution < 1.29 is 4.79 Å². The standard InChI is InChI=1S/C16H25N3O/c1-4-18-16(15(17)20,13-7-8-13)11-19(3)14-9-5-12(2)6-10-14/h5-6,9-10,13,18H,4,7-8,11H2,1-3H3,(H2,17,20). The van der Waals surface area contributed by atoms with Crippen molar-refractivity contribution in [1.29, 1.82) is 0 Å². The van der Waals surface area contributed by atoms with Crippen LogP contribution in [0.2, 0.25) is 0 Å². The average molecular weight is 275 g/mol. The summed E-state index contributed by atoms with van der Waals surface area (Å²) in [6, 6.07) is 8.34. The lowest BCUT2D eigenvalue weighted by atomic mass is 9.91. The first kappa shape index (κ1) is 14.9. The summed E-state index contributed by atoms with van der Waals surface area (Å²) in [5.41, 5.74) is 7.46. The second kappa shape index (κ2) is 5.83. The largest absolute Gasteiger partial charge is 0.372 e. The Morgan fingerprint density at radius 1 is 1.40 bits per heavy atom. The van der Waals surface area contributed by atoms with Gasteiger partial charge in [-0.25, -0.2) is 0 Å². The highest BCUT2D eigenvalue weighted by atomic mass is 16.1. The predicted octanol–water partition coefficient (Wildman–Crippen LogP) is 1.67. The Morgan fingerprint density at radius 2 is 2.00 bits per heavy atom. The van der Waals surface area contributed by atoms with Crippen molar-refractivity contribution in [3.8, 4) is 0 Å². The summed E-state index contributed by atoms with van der Waals surface area (Å²) < 4.78 is 0. The molecule has 1 fully saturated rings. The van der Waals surface area contributed by atoms with Crippen LogP contribution in [0, 0.1) is 12.8 Å². The Bertz CT molecular complexity index is 467. The molecule has 0 heterocycles. The minimum atomic E-state index is -0.603. The van der Waals surface area contributed by atoms with Gasteiger partial charge in [-0.15, -0.1) is 0 Å². The fourth-order valence-corrected chi connectivity index (χ4v) is 2.85. The van der Waals surface area contributed by atoms with E-state index in [1.807, 2.05) is 14.0 Å². The van der Waals surface area contributed by atoms with Gasteiger partial charge in [0.1, 0.15) is 5.54 Å². The van der Waals surface area contributed by atoms with Crippen LogP contribution < -0.4 is 16.0 Å². The van der Waals surface area contributed by atoms with Crippen molar-refractivity contribution in [2.24, 2.45) is 11.7 Å². The Labute approximate surface area is 121 Å². The van der Waals surface area contributed by atoms with Crippen molar-refractivity contribution >= 4 is 11.6 Å². The second-order valence-corrected chi connectivity index (χ2v) is 5.83. The van der Waals surface area contributed by atoms with Gasteiger partial charge in [0.25, 0.3) is 0 Å². The first-order valence-corrected chi connectivity index (χ1v) is 7.32. The van der Waals surface area contributed by atoms with Crippen LogP contribution in [0.1, 0.15) is 25.3 Å². The van der Waals surface area contributed by atoms with Gasteiger partial charge in [-0.2, -0.15) is 0 Å². The maximum atomic E-state index is 12.0. The van der Waals surface area contributed by atoms with Crippen LogP contribution in [0.15, 0.2) is 24.3 Å². The van der Waals surface area contributed by atoms with Crippen molar-refractivity contribution in [3.63, 3.8) is 0 Å². The molecule has 110 valence electrons. The van der Waals surface area contributed by atoms with Gasteiger partial charge in [-0.3, -0.25) is 4.79 Å². The Kier molecular flexibility index (Phi) is 4.33. The molecule has 0 saturated heterocycles. The molecule has 0 bridgehead atoms. The van der Waals surface area contributed by atoms with Crippen molar-refractivity contribution in [2.45, 2.75) is 32.2 Å². The lowest BCUT2D eigenvalue weighted by Gasteiger charge is -2.36. The van der Waals surface area contributed by atoms with E-state index in [0.717, 1.165) is 25.1 Å². The molecule has 3 N–H and O–H groups in total. The molecule has 20 heavy (non-hydrogen) atoms. The second-order valence-electron chi connectivity index (χ2n) is 5.83. The van der Waals surface area contributed by atoms with Crippen LogP contribution in [0.5, 0.6) is 0 Å². The number of hydrogen-bond acceptors (Lipinski definition) is 3. The highest BCUT2D eigenvalue weighted by Gasteiger charge is 2.49. The lowest BCUT2D eigenvalue weighted by Crippen LogP contribution is -2.63. The van der Waals surface area contributed by atoms with Crippen molar-refractivity contribution in [2.75, 3.05) is 25.0 Å². The molecule has 2 rings (SSSR count). The fraction of sp³-hybridized carbons (Fsp3) is 0.562. The number of carbonyl (C=O) groups excluding carboxylic acids is 1. The van der Waals surface area contributed by atoms with E-state index in [9.17, 15) is 4.79 Å². The van der Waals surface area contributed by atoms with Gasteiger partial charge >= 0.3 is 0 Å². The Morgan fingerprint density at radius 3 is 2.45 bits per heavy atom. The highest BCUT2D eigenvalue weighted by molar-refractivity contribution is 5.86. The van der Waals surface area contributed by atoms with E-state index in [4.69, 9.17) is 5.73 Å². The summed E-state index contributed by atoms with van der Waals surface area (Å²) in [5.74, 6) is 0.133. The number of aryl methyl sites for hydroxylation is 1. The maximum absolute atomic E-state index is 12.0.